The number of nitrogens with zero attached hydrogens (tertiary/aromatic N) is 2. The maximum Gasteiger partial charge on any atom is 0.408 e. The van der Waals surface area contributed by atoms with E-state index in [9.17, 15) is 4.79 Å². The number of terminal acetylenes is 1. The molecule has 5 nitrogen and oxygen atoms in total. The zero-order valence-corrected chi connectivity index (χ0v) is 12.9. The van der Waals surface area contributed by atoms with Crippen LogP contribution >= 0.6 is 0 Å². The summed E-state index contributed by atoms with van der Waals surface area (Å²) in [5, 5.41) is 2.86. The molecule has 1 aromatic rings. The van der Waals surface area contributed by atoms with Gasteiger partial charge < -0.3 is 14.6 Å². The Bertz CT molecular complexity index is 504. The molecule has 0 spiro atoms. The van der Waals surface area contributed by atoms with E-state index in [0.717, 1.165) is 5.69 Å². The van der Waals surface area contributed by atoms with Gasteiger partial charge in [0.05, 0.1) is 23.8 Å². The third-order valence-electron chi connectivity index (χ3n) is 2.66. The number of aryl methyl sites for hydroxylation is 1. The van der Waals surface area contributed by atoms with Crippen molar-refractivity contribution < 1.29 is 9.53 Å². The summed E-state index contributed by atoms with van der Waals surface area (Å²) in [4.78, 5) is 16.0. The van der Waals surface area contributed by atoms with Crippen LogP contribution in [0.1, 0.15) is 46.7 Å². The number of ether oxygens (including phenoxy) is 1. The van der Waals surface area contributed by atoms with E-state index in [1.807, 2.05) is 39.2 Å². The van der Waals surface area contributed by atoms with Gasteiger partial charge in [-0.1, -0.05) is 0 Å². The van der Waals surface area contributed by atoms with Crippen LogP contribution in [0.15, 0.2) is 12.5 Å². The molecule has 0 fully saturated rings. The quantitative estimate of drug-likeness (QED) is 0.861. The molecule has 0 atom stereocenters. The number of alkyl carbamates (subject to hydrolysis) is 1. The van der Waals surface area contributed by atoms with Crippen LogP contribution in [0.25, 0.3) is 0 Å². The number of amides is 1. The zero-order chi connectivity index (χ0) is 15.4. The van der Waals surface area contributed by atoms with Crippen LogP contribution in [-0.4, -0.2) is 21.2 Å². The second-order valence-corrected chi connectivity index (χ2v) is 6.18. The summed E-state index contributed by atoms with van der Waals surface area (Å²) < 4.78 is 7.22. The summed E-state index contributed by atoms with van der Waals surface area (Å²) >= 11 is 0. The molecule has 0 aliphatic heterocycles. The minimum atomic E-state index is -0.590. The number of imidazole rings is 1. The number of aromatic nitrogens is 2. The first-order valence-electron chi connectivity index (χ1n) is 6.61. The lowest BCUT2D eigenvalue weighted by molar-refractivity contribution is 0.0466. The Labute approximate surface area is 120 Å². The van der Waals surface area contributed by atoms with Crippen molar-refractivity contribution >= 4 is 6.09 Å². The molecule has 1 N–H and O–H groups in total. The summed E-state index contributed by atoms with van der Waals surface area (Å²) in [5.74, 6) is 2.60. The Morgan fingerprint density at radius 2 is 2.10 bits per heavy atom. The molecule has 20 heavy (non-hydrogen) atoms. The Morgan fingerprint density at radius 3 is 2.65 bits per heavy atom. The van der Waals surface area contributed by atoms with Crippen molar-refractivity contribution in [2.24, 2.45) is 0 Å². The fourth-order valence-electron chi connectivity index (χ4n) is 1.83. The summed E-state index contributed by atoms with van der Waals surface area (Å²) in [7, 11) is 0. The highest BCUT2D eigenvalue weighted by atomic mass is 16.6. The molecule has 1 amide bonds. The maximum atomic E-state index is 11.9. The van der Waals surface area contributed by atoms with Gasteiger partial charge >= 0.3 is 6.09 Å². The van der Waals surface area contributed by atoms with E-state index in [1.165, 1.54) is 0 Å². The SMILES string of the molecule is C#CCCn1cncc1C(C)(C)NC(=O)OC(C)(C)C. The number of carbonyl (C=O) groups excluding carboxylic acids is 1. The summed E-state index contributed by atoms with van der Waals surface area (Å²) in [6, 6.07) is 0. The second-order valence-electron chi connectivity index (χ2n) is 6.18. The minimum Gasteiger partial charge on any atom is -0.444 e. The van der Waals surface area contributed by atoms with Crippen LogP contribution in [0.5, 0.6) is 0 Å². The summed E-state index contributed by atoms with van der Waals surface area (Å²) in [6.45, 7) is 9.97. The number of nitrogens with one attached hydrogen (secondary N) is 1. The first kappa shape index (κ1) is 16.1. The van der Waals surface area contributed by atoms with Crippen molar-refractivity contribution in [3.63, 3.8) is 0 Å². The highest BCUT2D eigenvalue weighted by Gasteiger charge is 2.28. The molecule has 1 heterocycles. The van der Waals surface area contributed by atoms with Crippen molar-refractivity contribution in [3.8, 4) is 12.3 Å². The maximum absolute atomic E-state index is 11.9. The van der Waals surface area contributed by atoms with E-state index in [1.54, 1.807) is 12.5 Å². The number of rotatable bonds is 4. The molecule has 0 aliphatic rings. The van der Waals surface area contributed by atoms with Gasteiger partial charge in [-0.05, 0) is 34.6 Å². The Balaban J connectivity index is 2.81. The first-order valence-corrected chi connectivity index (χ1v) is 6.61. The van der Waals surface area contributed by atoms with Crippen molar-refractivity contribution in [3.05, 3.63) is 18.2 Å². The zero-order valence-electron chi connectivity index (χ0n) is 12.9. The molecule has 110 valence electrons. The monoisotopic (exact) mass is 277 g/mol. The van der Waals surface area contributed by atoms with Gasteiger partial charge in [-0.3, -0.25) is 0 Å². The standard InChI is InChI=1S/C15H23N3O2/c1-7-8-9-18-11-16-10-12(18)15(5,6)17-13(19)20-14(2,3)4/h1,10-11H,8-9H2,2-6H3,(H,17,19). The molecule has 1 rings (SSSR count). The van der Waals surface area contributed by atoms with Crippen LogP contribution in [0.4, 0.5) is 4.79 Å². The van der Waals surface area contributed by atoms with Crippen LogP contribution in [0.3, 0.4) is 0 Å². The van der Waals surface area contributed by atoms with E-state index in [-0.39, 0.29) is 0 Å². The third kappa shape index (κ3) is 4.61. The Hall–Kier alpha value is -1.96. The van der Waals surface area contributed by atoms with Gasteiger partial charge in [-0.15, -0.1) is 12.3 Å². The molecule has 0 unspecified atom stereocenters. The lowest BCUT2D eigenvalue weighted by Crippen LogP contribution is -2.44. The fourth-order valence-corrected chi connectivity index (χ4v) is 1.83. The highest BCUT2D eigenvalue weighted by Crippen LogP contribution is 2.21. The molecule has 0 bridgehead atoms. The second kappa shape index (κ2) is 6.00. The van der Waals surface area contributed by atoms with Gasteiger partial charge in [0.2, 0.25) is 0 Å². The van der Waals surface area contributed by atoms with Gasteiger partial charge in [0.25, 0.3) is 0 Å². The molecule has 0 radical (unpaired) electrons. The van der Waals surface area contributed by atoms with Crippen molar-refractivity contribution in [2.45, 2.75) is 58.7 Å². The predicted molar refractivity (Wildman–Crippen MR) is 78.1 cm³/mol. The van der Waals surface area contributed by atoms with E-state index < -0.39 is 17.2 Å². The molecule has 5 heteroatoms. The van der Waals surface area contributed by atoms with Gasteiger partial charge in [0.15, 0.2) is 0 Å². The van der Waals surface area contributed by atoms with E-state index in [4.69, 9.17) is 11.2 Å². The van der Waals surface area contributed by atoms with Crippen LogP contribution in [0.2, 0.25) is 0 Å². The average Bonchev–Trinajstić information content (AvgIpc) is 2.71. The van der Waals surface area contributed by atoms with Crippen molar-refractivity contribution in [1.29, 1.82) is 0 Å². The smallest absolute Gasteiger partial charge is 0.408 e. The molecule has 0 aromatic carbocycles. The highest BCUT2D eigenvalue weighted by molar-refractivity contribution is 5.68. The topological polar surface area (TPSA) is 56.2 Å². The largest absolute Gasteiger partial charge is 0.444 e. The minimum absolute atomic E-state index is 0.452. The summed E-state index contributed by atoms with van der Waals surface area (Å²) in [5.41, 5.74) is -0.226. The van der Waals surface area contributed by atoms with E-state index in [0.29, 0.717) is 13.0 Å². The Morgan fingerprint density at radius 1 is 1.45 bits per heavy atom. The molecule has 0 saturated carbocycles. The molecule has 1 aromatic heterocycles. The molecular weight excluding hydrogens is 254 g/mol. The number of hydrogen-bond donors (Lipinski definition) is 1. The third-order valence-corrected chi connectivity index (χ3v) is 2.66. The Kier molecular flexibility index (Phi) is 4.83. The number of carbonyl (C=O) groups is 1. The average molecular weight is 277 g/mol. The fraction of sp³-hybridized carbons (Fsp3) is 0.600. The van der Waals surface area contributed by atoms with Crippen LogP contribution in [0, 0.1) is 12.3 Å². The lowest BCUT2D eigenvalue weighted by Gasteiger charge is -2.29. The molecule has 0 saturated heterocycles. The lowest BCUT2D eigenvalue weighted by atomic mass is 10.0. The van der Waals surface area contributed by atoms with E-state index in [2.05, 4.69) is 16.2 Å². The predicted octanol–water partition coefficient (Wildman–Crippen LogP) is 2.67. The number of hydrogen-bond acceptors (Lipinski definition) is 3. The van der Waals surface area contributed by atoms with Gasteiger partial charge in [-0.25, -0.2) is 9.78 Å². The molecule has 0 aliphatic carbocycles. The van der Waals surface area contributed by atoms with E-state index >= 15 is 0 Å². The normalized spacial score (nSPS) is 11.8. The molecular formula is C15H23N3O2. The van der Waals surface area contributed by atoms with Crippen LogP contribution in [-0.2, 0) is 16.8 Å². The van der Waals surface area contributed by atoms with Gasteiger partial charge in [0.1, 0.15) is 5.60 Å². The van der Waals surface area contributed by atoms with Gasteiger partial charge in [-0.2, -0.15) is 0 Å². The van der Waals surface area contributed by atoms with Gasteiger partial charge in [0, 0.05) is 13.0 Å². The van der Waals surface area contributed by atoms with Crippen molar-refractivity contribution in [1.82, 2.24) is 14.9 Å². The van der Waals surface area contributed by atoms with Crippen LogP contribution < -0.4 is 5.32 Å². The summed E-state index contributed by atoms with van der Waals surface area (Å²) in [6.07, 6.45) is 8.89. The first-order chi connectivity index (χ1) is 9.15. The van der Waals surface area contributed by atoms with Crippen molar-refractivity contribution in [2.75, 3.05) is 0 Å².